The highest BCUT2D eigenvalue weighted by Gasteiger charge is 2.21. The molecule has 0 aliphatic rings. The molecule has 106 valence electrons. The molecule has 0 saturated heterocycles. The third kappa shape index (κ3) is 4.52. The molecule has 0 radical (unpaired) electrons. The molecule has 0 saturated carbocycles. The van der Waals surface area contributed by atoms with Crippen molar-refractivity contribution < 1.29 is 13.9 Å². The molecule has 0 spiro atoms. The van der Waals surface area contributed by atoms with Crippen LogP contribution in [-0.4, -0.2) is 38.8 Å². The number of halogens is 1. The third-order valence-corrected chi connectivity index (χ3v) is 2.89. The molecule has 5 heteroatoms. The number of esters is 1. The first-order valence-corrected chi connectivity index (χ1v) is 6.44. The zero-order valence-electron chi connectivity index (χ0n) is 11.6. The van der Waals surface area contributed by atoms with Gasteiger partial charge in [-0.25, -0.2) is 4.39 Å². The molecule has 0 amide bonds. The van der Waals surface area contributed by atoms with Crippen molar-refractivity contribution in [3.8, 4) is 0 Å². The fourth-order valence-electron chi connectivity index (χ4n) is 1.92. The van der Waals surface area contributed by atoms with Gasteiger partial charge in [0.25, 0.3) is 0 Å². The van der Waals surface area contributed by atoms with Crippen molar-refractivity contribution in [2.24, 2.45) is 0 Å². The standard InChI is InChI=1S/C14H21FN2O2/c1-4-16-13(14(18)19-3)10-17(5-2)12-8-6-7-11(15)9-12/h6-9,13,16H,4-5,10H2,1-3H3. The number of ether oxygens (including phenoxy) is 1. The molecule has 0 bridgehead atoms. The van der Waals surface area contributed by atoms with Crippen LogP contribution < -0.4 is 10.2 Å². The van der Waals surface area contributed by atoms with E-state index in [4.69, 9.17) is 4.74 Å². The number of nitrogens with one attached hydrogen (secondary N) is 1. The quantitative estimate of drug-likeness (QED) is 0.766. The monoisotopic (exact) mass is 268 g/mol. The van der Waals surface area contributed by atoms with Crippen molar-refractivity contribution in [2.75, 3.05) is 31.6 Å². The smallest absolute Gasteiger partial charge is 0.324 e. The van der Waals surface area contributed by atoms with Gasteiger partial charge in [-0.2, -0.15) is 0 Å². The molecular formula is C14H21FN2O2. The Balaban J connectivity index is 2.81. The van der Waals surface area contributed by atoms with Crippen LogP contribution in [0.3, 0.4) is 0 Å². The molecule has 0 aromatic heterocycles. The Labute approximate surface area is 113 Å². The second kappa shape index (κ2) is 7.74. The van der Waals surface area contributed by atoms with Gasteiger partial charge in [-0.1, -0.05) is 13.0 Å². The lowest BCUT2D eigenvalue weighted by Crippen LogP contribution is -2.46. The largest absolute Gasteiger partial charge is 0.468 e. The van der Waals surface area contributed by atoms with Gasteiger partial charge in [0.05, 0.1) is 7.11 Å². The van der Waals surface area contributed by atoms with Crippen molar-refractivity contribution >= 4 is 11.7 Å². The summed E-state index contributed by atoms with van der Waals surface area (Å²) in [5.74, 6) is -0.592. The van der Waals surface area contributed by atoms with E-state index in [1.807, 2.05) is 24.8 Å². The van der Waals surface area contributed by atoms with Gasteiger partial charge in [0.15, 0.2) is 0 Å². The molecule has 0 aliphatic carbocycles. The van der Waals surface area contributed by atoms with Crippen molar-refractivity contribution in [1.82, 2.24) is 5.32 Å². The first-order valence-electron chi connectivity index (χ1n) is 6.44. The molecule has 1 rings (SSSR count). The van der Waals surface area contributed by atoms with Crippen molar-refractivity contribution in [3.05, 3.63) is 30.1 Å². The van der Waals surface area contributed by atoms with E-state index in [1.54, 1.807) is 6.07 Å². The predicted octanol–water partition coefficient (Wildman–Crippen LogP) is 1.80. The zero-order valence-corrected chi connectivity index (χ0v) is 11.6. The molecule has 0 fully saturated rings. The zero-order chi connectivity index (χ0) is 14.3. The van der Waals surface area contributed by atoms with Crippen LogP contribution in [0.25, 0.3) is 0 Å². The number of hydrogen-bond donors (Lipinski definition) is 1. The third-order valence-electron chi connectivity index (χ3n) is 2.89. The van der Waals surface area contributed by atoms with E-state index in [9.17, 15) is 9.18 Å². The highest BCUT2D eigenvalue weighted by molar-refractivity contribution is 5.76. The van der Waals surface area contributed by atoms with Crippen molar-refractivity contribution in [2.45, 2.75) is 19.9 Å². The van der Waals surface area contributed by atoms with E-state index >= 15 is 0 Å². The van der Waals surface area contributed by atoms with E-state index < -0.39 is 6.04 Å². The van der Waals surface area contributed by atoms with Crippen molar-refractivity contribution in [1.29, 1.82) is 0 Å². The summed E-state index contributed by atoms with van der Waals surface area (Å²) in [7, 11) is 1.37. The Kier molecular flexibility index (Phi) is 6.29. The first kappa shape index (κ1) is 15.4. The number of likely N-dealkylation sites (N-methyl/N-ethyl adjacent to an activating group) is 2. The number of benzene rings is 1. The topological polar surface area (TPSA) is 41.6 Å². The summed E-state index contributed by atoms with van der Waals surface area (Å²) >= 11 is 0. The molecule has 1 aromatic carbocycles. The molecule has 1 N–H and O–H groups in total. The van der Waals surface area contributed by atoms with E-state index in [2.05, 4.69) is 5.32 Å². The van der Waals surface area contributed by atoms with E-state index in [-0.39, 0.29) is 11.8 Å². The summed E-state index contributed by atoms with van der Waals surface area (Å²) in [4.78, 5) is 13.6. The Hall–Kier alpha value is -1.62. The van der Waals surface area contributed by atoms with Crippen LogP contribution in [0, 0.1) is 5.82 Å². The van der Waals surface area contributed by atoms with Gasteiger partial charge in [-0.05, 0) is 31.7 Å². The van der Waals surface area contributed by atoms with Crippen LogP contribution >= 0.6 is 0 Å². The Morgan fingerprint density at radius 1 is 1.47 bits per heavy atom. The van der Waals surface area contributed by atoms with E-state index in [1.165, 1.54) is 19.2 Å². The maximum Gasteiger partial charge on any atom is 0.324 e. The number of nitrogens with zero attached hydrogens (tertiary/aromatic N) is 1. The second-order valence-electron chi connectivity index (χ2n) is 4.15. The summed E-state index contributed by atoms with van der Waals surface area (Å²) in [6.45, 7) is 5.68. The Bertz CT molecular complexity index is 412. The maximum atomic E-state index is 13.2. The lowest BCUT2D eigenvalue weighted by molar-refractivity contribution is -0.142. The van der Waals surface area contributed by atoms with Crippen molar-refractivity contribution in [3.63, 3.8) is 0 Å². The van der Waals surface area contributed by atoms with Gasteiger partial charge in [0.2, 0.25) is 0 Å². The minimum Gasteiger partial charge on any atom is -0.468 e. The van der Waals surface area contributed by atoms with Gasteiger partial charge >= 0.3 is 5.97 Å². The van der Waals surface area contributed by atoms with Crippen LogP contribution in [0.2, 0.25) is 0 Å². The van der Waals surface area contributed by atoms with Crippen LogP contribution in [0.5, 0.6) is 0 Å². The Morgan fingerprint density at radius 2 is 2.21 bits per heavy atom. The number of carbonyl (C=O) groups is 1. The molecule has 0 aliphatic heterocycles. The molecule has 1 unspecified atom stereocenters. The molecular weight excluding hydrogens is 247 g/mol. The van der Waals surface area contributed by atoms with E-state index in [0.29, 0.717) is 19.6 Å². The summed E-state index contributed by atoms with van der Waals surface area (Å²) in [5, 5.41) is 3.07. The van der Waals surface area contributed by atoms with Crippen LogP contribution in [0.4, 0.5) is 10.1 Å². The average Bonchev–Trinajstić information content (AvgIpc) is 2.42. The predicted molar refractivity (Wildman–Crippen MR) is 73.8 cm³/mol. The normalized spacial score (nSPS) is 12.0. The van der Waals surface area contributed by atoms with Gasteiger partial charge in [-0.15, -0.1) is 0 Å². The first-order chi connectivity index (χ1) is 9.12. The highest BCUT2D eigenvalue weighted by atomic mass is 19.1. The minimum absolute atomic E-state index is 0.283. The van der Waals surface area contributed by atoms with Crippen LogP contribution in [0.1, 0.15) is 13.8 Å². The van der Waals surface area contributed by atoms with Gasteiger partial charge in [-0.3, -0.25) is 4.79 Å². The van der Waals surface area contributed by atoms with Crippen LogP contribution in [-0.2, 0) is 9.53 Å². The van der Waals surface area contributed by atoms with Gasteiger partial charge < -0.3 is 15.0 Å². The molecule has 19 heavy (non-hydrogen) atoms. The lowest BCUT2D eigenvalue weighted by atomic mass is 10.2. The second-order valence-corrected chi connectivity index (χ2v) is 4.15. The number of methoxy groups -OCH3 is 1. The Morgan fingerprint density at radius 3 is 2.74 bits per heavy atom. The molecule has 1 aromatic rings. The molecule has 4 nitrogen and oxygen atoms in total. The fraction of sp³-hybridized carbons (Fsp3) is 0.500. The summed E-state index contributed by atoms with van der Waals surface area (Å²) < 4.78 is 18.0. The number of hydrogen-bond acceptors (Lipinski definition) is 4. The summed E-state index contributed by atoms with van der Waals surface area (Å²) in [5.41, 5.74) is 0.759. The number of anilines is 1. The maximum absolute atomic E-state index is 13.2. The fourth-order valence-corrected chi connectivity index (χ4v) is 1.92. The van der Waals surface area contributed by atoms with E-state index in [0.717, 1.165) is 5.69 Å². The highest BCUT2D eigenvalue weighted by Crippen LogP contribution is 2.15. The lowest BCUT2D eigenvalue weighted by Gasteiger charge is -2.27. The summed E-state index contributed by atoms with van der Waals surface area (Å²) in [6.07, 6.45) is 0. The van der Waals surface area contributed by atoms with Gasteiger partial charge in [0.1, 0.15) is 11.9 Å². The number of rotatable bonds is 7. The van der Waals surface area contributed by atoms with Gasteiger partial charge in [0, 0.05) is 18.8 Å². The minimum atomic E-state index is -0.418. The molecule has 0 heterocycles. The molecule has 1 atom stereocenters. The average molecular weight is 268 g/mol. The SMILES string of the molecule is CCNC(CN(CC)c1cccc(F)c1)C(=O)OC. The summed E-state index contributed by atoms with van der Waals surface area (Å²) in [6, 6.07) is 5.93. The van der Waals surface area contributed by atoms with Crippen LogP contribution in [0.15, 0.2) is 24.3 Å². The number of carbonyl (C=O) groups excluding carboxylic acids is 1.